The summed E-state index contributed by atoms with van der Waals surface area (Å²) in [6, 6.07) is 8.33. The van der Waals surface area contributed by atoms with Crippen molar-refractivity contribution in [3.8, 4) is 5.75 Å². The Labute approximate surface area is 114 Å². The first-order valence-corrected chi connectivity index (χ1v) is 6.67. The fourth-order valence-corrected chi connectivity index (χ4v) is 2.19. The normalized spacial score (nSPS) is 12.4. The molecule has 1 aromatic carbocycles. The van der Waals surface area contributed by atoms with Gasteiger partial charge in [-0.25, -0.2) is 0 Å². The highest BCUT2D eigenvalue weighted by molar-refractivity contribution is 5.91. The van der Waals surface area contributed by atoms with Crippen LogP contribution in [0.1, 0.15) is 19.8 Å². The van der Waals surface area contributed by atoms with Gasteiger partial charge in [0.15, 0.2) is 0 Å². The number of hydrogen-bond donors (Lipinski definition) is 2. The number of methoxy groups -OCH3 is 1. The molecule has 0 aliphatic heterocycles. The monoisotopic (exact) mass is 259 g/mol. The molecule has 19 heavy (non-hydrogen) atoms. The van der Waals surface area contributed by atoms with E-state index in [0.717, 1.165) is 35.2 Å². The molecule has 2 rings (SSSR count). The van der Waals surface area contributed by atoms with Crippen LogP contribution in [0.5, 0.6) is 5.75 Å². The number of benzene rings is 1. The van der Waals surface area contributed by atoms with Gasteiger partial charge >= 0.3 is 0 Å². The zero-order valence-corrected chi connectivity index (χ0v) is 11.5. The summed E-state index contributed by atoms with van der Waals surface area (Å²) in [4.78, 5) is 4.45. The first-order valence-electron chi connectivity index (χ1n) is 6.67. The van der Waals surface area contributed by atoms with Crippen molar-refractivity contribution < 1.29 is 4.74 Å². The van der Waals surface area contributed by atoms with Crippen LogP contribution in [0.4, 0.5) is 5.69 Å². The van der Waals surface area contributed by atoms with E-state index < -0.39 is 0 Å². The van der Waals surface area contributed by atoms with Crippen LogP contribution in [-0.2, 0) is 0 Å². The topological polar surface area (TPSA) is 60.2 Å². The van der Waals surface area contributed by atoms with Crippen LogP contribution in [0, 0.1) is 0 Å². The zero-order chi connectivity index (χ0) is 13.7. The van der Waals surface area contributed by atoms with Crippen molar-refractivity contribution in [2.75, 3.05) is 19.0 Å². The number of nitrogens with zero attached hydrogens (tertiary/aromatic N) is 1. The number of anilines is 1. The quantitative estimate of drug-likeness (QED) is 0.837. The molecule has 1 heterocycles. The Morgan fingerprint density at radius 1 is 1.42 bits per heavy atom. The van der Waals surface area contributed by atoms with E-state index in [2.05, 4.69) is 17.2 Å². The molecule has 0 aliphatic carbocycles. The number of nitrogens with two attached hydrogens (primary N) is 1. The zero-order valence-electron chi connectivity index (χ0n) is 11.5. The van der Waals surface area contributed by atoms with E-state index in [9.17, 15) is 0 Å². The molecule has 0 saturated carbocycles. The summed E-state index contributed by atoms with van der Waals surface area (Å²) < 4.78 is 5.35. The Bertz CT molecular complexity index is 542. The van der Waals surface area contributed by atoms with Gasteiger partial charge in [0, 0.05) is 23.7 Å². The first kappa shape index (κ1) is 13.6. The molecule has 0 aliphatic rings. The molecular weight excluding hydrogens is 238 g/mol. The Morgan fingerprint density at radius 2 is 2.26 bits per heavy atom. The second-order valence-corrected chi connectivity index (χ2v) is 4.58. The van der Waals surface area contributed by atoms with E-state index in [1.165, 1.54) is 0 Å². The van der Waals surface area contributed by atoms with E-state index in [0.29, 0.717) is 12.6 Å². The summed E-state index contributed by atoms with van der Waals surface area (Å²) >= 11 is 0. The van der Waals surface area contributed by atoms with E-state index >= 15 is 0 Å². The summed E-state index contributed by atoms with van der Waals surface area (Å²) in [5.41, 5.74) is 7.63. The number of aromatic nitrogens is 1. The highest BCUT2D eigenvalue weighted by Gasteiger charge is 2.10. The largest absolute Gasteiger partial charge is 0.497 e. The molecule has 0 bridgehead atoms. The lowest BCUT2D eigenvalue weighted by atomic mass is 10.1. The van der Waals surface area contributed by atoms with Crippen LogP contribution in [0.25, 0.3) is 10.9 Å². The summed E-state index contributed by atoms with van der Waals surface area (Å²) in [5, 5.41) is 4.60. The smallest absolute Gasteiger partial charge is 0.121 e. The van der Waals surface area contributed by atoms with Gasteiger partial charge in [0.2, 0.25) is 0 Å². The Hall–Kier alpha value is -1.81. The highest BCUT2D eigenvalue weighted by Crippen LogP contribution is 2.28. The van der Waals surface area contributed by atoms with Gasteiger partial charge in [0.25, 0.3) is 0 Å². The van der Waals surface area contributed by atoms with Crippen molar-refractivity contribution in [2.24, 2.45) is 5.73 Å². The van der Waals surface area contributed by atoms with Crippen molar-refractivity contribution in [1.82, 2.24) is 4.98 Å². The predicted molar refractivity (Wildman–Crippen MR) is 79.7 cm³/mol. The van der Waals surface area contributed by atoms with Gasteiger partial charge in [-0.2, -0.15) is 0 Å². The number of ether oxygens (including phenoxy) is 1. The average Bonchev–Trinajstić information content (AvgIpc) is 2.46. The number of hydrogen-bond acceptors (Lipinski definition) is 4. The van der Waals surface area contributed by atoms with Gasteiger partial charge in [-0.15, -0.1) is 0 Å². The second kappa shape index (κ2) is 6.38. The minimum Gasteiger partial charge on any atom is -0.497 e. The molecule has 102 valence electrons. The second-order valence-electron chi connectivity index (χ2n) is 4.58. The summed E-state index contributed by atoms with van der Waals surface area (Å²) in [5.74, 6) is 0.839. The van der Waals surface area contributed by atoms with Crippen molar-refractivity contribution in [3.05, 3.63) is 30.5 Å². The van der Waals surface area contributed by atoms with E-state index in [1.54, 1.807) is 7.11 Å². The minimum atomic E-state index is 0.363. The Balaban J connectivity index is 2.39. The lowest BCUT2D eigenvalue weighted by Gasteiger charge is -2.19. The van der Waals surface area contributed by atoms with Gasteiger partial charge < -0.3 is 15.8 Å². The van der Waals surface area contributed by atoms with Crippen LogP contribution >= 0.6 is 0 Å². The molecule has 1 atom stereocenters. The molecule has 0 radical (unpaired) electrons. The number of nitrogens with one attached hydrogen (secondary N) is 1. The van der Waals surface area contributed by atoms with Crippen LogP contribution in [0.2, 0.25) is 0 Å². The van der Waals surface area contributed by atoms with E-state index in [1.807, 2.05) is 30.5 Å². The minimum absolute atomic E-state index is 0.363. The molecule has 2 aromatic rings. The lowest BCUT2D eigenvalue weighted by molar-refractivity contribution is 0.415. The fraction of sp³-hybridized carbons (Fsp3) is 0.400. The van der Waals surface area contributed by atoms with Crippen LogP contribution in [0.3, 0.4) is 0 Å². The van der Waals surface area contributed by atoms with Crippen molar-refractivity contribution in [3.63, 3.8) is 0 Å². The molecule has 0 spiro atoms. The predicted octanol–water partition coefficient (Wildman–Crippen LogP) is 2.78. The van der Waals surface area contributed by atoms with Crippen molar-refractivity contribution in [2.45, 2.75) is 25.8 Å². The third-order valence-corrected chi connectivity index (χ3v) is 3.28. The van der Waals surface area contributed by atoms with Gasteiger partial charge in [-0.3, -0.25) is 4.98 Å². The molecule has 4 heteroatoms. The molecule has 0 fully saturated rings. The highest BCUT2D eigenvalue weighted by atomic mass is 16.5. The first-order chi connectivity index (χ1) is 9.28. The molecule has 1 unspecified atom stereocenters. The third-order valence-electron chi connectivity index (χ3n) is 3.28. The molecule has 1 aromatic heterocycles. The number of pyridine rings is 1. The van der Waals surface area contributed by atoms with Crippen LogP contribution in [0.15, 0.2) is 30.5 Å². The van der Waals surface area contributed by atoms with Crippen molar-refractivity contribution in [1.29, 1.82) is 0 Å². The fourth-order valence-electron chi connectivity index (χ4n) is 2.19. The lowest BCUT2D eigenvalue weighted by Crippen LogP contribution is -2.22. The van der Waals surface area contributed by atoms with E-state index in [4.69, 9.17) is 10.5 Å². The number of fused-ring (bicyclic) bond motifs is 1. The summed E-state index contributed by atoms with van der Waals surface area (Å²) in [6.45, 7) is 2.84. The van der Waals surface area contributed by atoms with E-state index in [-0.39, 0.29) is 0 Å². The summed E-state index contributed by atoms with van der Waals surface area (Å²) in [7, 11) is 1.68. The Kier molecular flexibility index (Phi) is 4.58. The molecular formula is C15H21N3O. The molecule has 0 saturated heterocycles. The average molecular weight is 259 g/mol. The van der Waals surface area contributed by atoms with Crippen LogP contribution in [-0.4, -0.2) is 24.7 Å². The summed E-state index contributed by atoms with van der Waals surface area (Å²) in [6.07, 6.45) is 3.79. The van der Waals surface area contributed by atoms with Crippen molar-refractivity contribution >= 4 is 16.6 Å². The maximum atomic E-state index is 5.65. The maximum Gasteiger partial charge on any atom is 0.121 e. The SMILES string of the molecule is CCC(CCN)Nc1cc(OC)cc2cccnc12. The third kappa shape index (κ3) is 3.15. The Morgan fingerprint density at radius 3 is 2.95 bits per heavy atom. The van der Waals surface area contributed by atoms with Gasteiger partial charge in [0.05, 0.1) is 18.3 Å². The maximum absolute atomic E-state index is 5.65. The standard InChI is InChI=1S/C15H21N3O/c1-3-12(6-7-16)18-14-10-13(19-2)9-11-5-4-8-17-15(11)14/h4-5,8-10,12,18H,3,6-7,16H2,1-2H3. The molecule has 0 amide bonds. The van der Waals surface area contributed by atoms with Crippen LogP contribution < -0.4 is 15.8 Å². The van der Waals surface area contributed by atoms with Gasteiger partial charge in [-0.1, -0.05) is 13.0 Å². The molecule has 3 N–H and O–H groups in total. The van der Waals surface area contributed by atoms with Gasteiger partial charge in [0.1, 0.15) is 5.75 Å². The molecule has 4 nitrogen and oxygen atoms in total. The number of rotatable bonds is 6. The van der Waals surface area contributed by atoms with Gasteiger partial charge in [-0.05, 0) is 31.5 Å².